The van der Waals surface area contributed by atoms with Crippen LogP contribution in [0.5, 0.6) is 5.75 Å². The van der Waals surface area contributed by atoms with Gasteiger partial charge in [0, 0.05) is 25.0 Å². The fourth-order valence-electron chi connectivity index (χ4n) is 3.89. The smallest absolute Gasteiger partial charge is 0.242 e. The second-order valence-electron chi connectivity index (χ2n) is 10.2. The van der Waals surface area contributed by atoms with Gasteiger partial charge in [-0.15, -0.1) is 0 Å². The van der Waals surface area contributed by atoms with E-state index in [9.17, 15) is 18.0 Å². The number of rotatable bonds is 12. The molecule has 2 aromatic carbocycles. The highest BCUT2D eigenvalue weighted by Gasteiger charge is 2.28. The molecule has 2 rings (SSSR count). The fourth-order valence-corrected chi connectivity index (χ4v) is 4.85. The van der Waals surface area contributed by atoms with E-state index < -0.39 is 21.6 Å². The van der Waals surface area contributed by atoms with Gasteiger partial charge in [0.25, 0.3) is 0 Å². The first-order chi connectivity index (χ1) is 17.2. The minimum Gasteiger partial charge on any atom is -0.497 e. The number of hydrogen-bond donors (Lipinski definition) is 1. The normalized spacial score (nSPS) is 12.5. The van der Waals surface area contributed by atoms with E-state index in [2.05, 4.69) is 5.32 Å². The van der Waals surface area contributed by atoms with Crippen molar-refractivity contribution in [3.63, 3.8) is 0 Å². The Kier molecular flexibility index (Phi) is 10.5. The van der Waals surface area contributed by atoms with Crippen LogP contribution < -0.4 is 14.4 Å². The largest absolute Gasteiger partial charge is 0.497 e. The maximum Gasteiger partial charge on any atom is 0.242 e. The summed E-state index contributed by atoms with van der Waals surface area (Å²) in [5.41, 5.74) is 2.10. The fraction of sp³-hybridized carbons (Fsp3) is 0.500. The second-order valence-corrected chi connectivity index (χ2v) is 12.2. The Balaban J connectivity index is 2.18. The zero-order valence-corrected chi connectivity index (χ0v) is 23.9. The van der Waals surface area contributed by atoms with E-state index in [1.165, 1.54) is 4.31 Å². The molecule has 2 aromatic rings. The van der Waals surface area contributed by atoms with Crippen LogP contribution in [0.15, 0.2) is 48.5 Å². The molecule has 0 aromatic heterocycles. The molecule has 0 bridgehead atoms. The second kappa shape index (κ2) is 12.9. The number of nitrogens with one attached hydrogen (secondary N) is 1. The molecule has 0 aliphatic rings. The van der Waals surface area contributed by atoms with Crippen molar-refractivity contribution in [1.29, 1.82) is 0 Å². The van der Waals surface area contributed by atoms with E-state index in [0.717, 1.165) is 23.8 Å². The highest BCUT2D eigenvalue weighted by atomic mass is 32.2. The average molecular weight is 532 g/mol. The Morgan fingerprint density at radius 3 is 2.05 bits per heavy atom. The molecule has 2 amide bonds. The summed E-state index contributed by atoms with van der Waals surface area (Å²) in [5, 5.41) is 2.94. The summed E-state index contributed by atoms with van der Waals surface area (Å²) in [4.78, 5) is 27.9. The Hall–Kier alpha value is -3.07. The van der Waals surface area contributed by atoms with Gasteiger partial charge in [-0.2, -0.15) is 0 Å². The maximum absolute atomic E-state index is 13.4. The van der Waals surface area contributed by atoms with Gasteiger partial charge in [-0.05, 0) is 75.9 Å². The van der Waals surface area contributed by atoms with Crippen molar-refractivity contribution in [3.8, 4) is 5.75 Å². The summed E-state index contributed by atoms with van der Waals surface area (Å²) >= 11 is 0. The van der Waals surface area contributed by atoms with E-state index in [0.29, 0.717) is 17.9 Å². The summed E-state index contributed by atoms with van der Waals surface area (Å²) < 4.78 is 31.5. The minimum atomic E-state index is -3.53. The molecule has 1 atom stereocenters. The van der Waals surface area contributed by atoms with Crippen molar-refractivity contribution in [2.45, 2.75) is 72.0 Å². The summed E-state index contributed by atoms with van der Waals surface area (Å²) in [6, 6.07) is 14.0. The molecule has 9 heteroatoms. The van der Waals surface area contributed by atoms with Crippen molar-refractivity contribution in [1.82, 2.24) is 10.2 Å². The van der Waals surface area contributed by atoms with Gasteiger partial charge in [0.15, 0.2) is 0 Å². The molecule has 0 unspecified atom stereocenters. The van der Waals surface area contributed by atoms with Crippen molar-refractivity contribution in [2.75, 3.05) is 24.2 Å². The van der Waals surface area contributed by atoms with Gasteiger partial charge in [0.1, 0.15) is 11.8 Å². The quantitative estimate of drug-likeness (QED) is 0.444. The number of carbonyl (C=O) groups is 2. The Morgan fingerprint density at radius 1 is 1.00 bits per heavy atom. The number of carbonyl (C=O) groups excluding carboxylic acids is 2. The number of nitrogens with zero attached hydrogens (tertiary/aromatic N) is 2. The Morgan fingerprint density at radius 2 is 1.57 bits per heavy atom. The van der Waals surface area contributed by atoms with Gasteiger partial charge in [-0.25, -0.2) is 8.42 Å². The molecule has 0 spiro atoms. The summed E-state index contributed by atoms with van der Waals surface area (Å²) in [7, 11) is -1.94. The lowest BCUT2D eigenvalue weighted by Gasteiger charge is -2.32. The van der Waals surface area contributed by atoms with E-state index in [1.807, 2.05) is 64.1 Å². The number of aryl methyl sites for hydroxylation is 1. The monoisotopic (exact) mass is 531 g/mol. The summed E-state index contributed by atoms with van der Waals surface area (Å²) in [6.07, 6.45) is 2.44. The molecule has 204 valence electrons. The molecule has 0 aliphatic heterocycles. The molecule has 0 saturated heterocycles. The lowest BCUT2D eigenvalue weighted by molar-refractivity contribution is -0.141. The first-order valence-electron chi connectivity index (χ1n) is 12.6. The zero-order valence-electron chi connectivity index (χ0n) is 23.1. The van der Waals surface area contributed by atoms with Gasteiger partial charge in [0.2, 0.25) is 21.8 Å². The van der Waals surface area contributed by atoms with Crippen LogP contribution in [-0.2, 0) is 32.6 Å². The third-order valence-corrected chi connectivity index (χ3v) is 7.16. The molecule has 0 fully saturated rings. The lowest BCUT2D eigenvalue weighted by atomic mass is 10.1. The van der Waals surface area contributed by atoms with Crippen LogP contribution in [0, 0.1) is 0 Å². The maximum atomic E-state index is 13.4. The molecule has 0 aliphatic carbocycles. The van der Waals surface area contributed by atoms with E-state index in [4.69, 9.17) is 4.74 Å². The van der Waals surface area contributed by atoms with Crippen LogP contribution in [0.3, 0.4) is 0 Å². The minimum absolute atomic E-state index is 0.0996. The predicted molar refractivity (Wildman–Crippen MR) is 148 cm³/mol. The number of anilines is 1. The first-order valence-corrected chi connectivity index (χ1v) is 14.4. The van der Waals surface area contributed by atoms with E-state index >= 15 is 0 Å². The predicted octanol–water partition coefficient (Wildman–Crippen LogP) is 4.14. The standard InChI is InChI=1S/C28H41N3O5S/c1-8-22-11-15-24(16-12-22)31(37(7,34)35)19-9-10-26(32)30(21(2)27(33)29-28(3,4)5)20-23-13-17-25(36-6)18-14-23/h11-18,21H,8-10,19-20H2,1-7H3,(H,29,33)/t21-/m1/s1. The zero-order chi connectivity index (χ0) is 27.8. The van der Waals surface area contributed by atoms with E-state index in [-0.39, 0.29) is 31.3 Å². The Labute approximate surface area is 222 Å². The first kappa shape index (κ1) is 30.2. The van der Waals surface area contributed by atoms with Gasteiger partial charge >= 0.3 is 0 Å². The van der Waals surface area contributed by atoms with E-state index in [1.54, 1.807) is 31.1 Å². The van der Waals surface area contributed by atoms with Gasteiger partial charge < -0.3 is 15.0 Å². The average Bonchev–Trinajstić information content (AvgIpc) is 2.83. The van der Waals surface area contributed by atoms with Crippen LogP contribution in [0.4, 0.5) is 5.69 Å². The molecule has 0 heterocycles. The van der Waals surface area contributed by atoms with Crippen LogP contribution in [0.1, 0.15) is 58.6 Å². The van der Waals surface area contributed by atoms with Crippen LogP contribution in [0.25, 0.3) is 0 Å². The SMILES string of the molecule is CCc1ccc(N(CCCC(=O)N(Cc2ccc(OC)cc2)[C@H](C)C(=O)NC(C)(C)C)S(C)(=O)=O)cc1. The topological polar surface area (TPSA) is 96.0 Å². The third-order valence-electron chi connectivity index (χ3n) is 5.96. The van der Waals surface area contributed by atoms with Gasteiger partial charge in [-0.3, -0.25) is 13.9 Å². The summed E-state index contributed by atoms with van der Waals surface area (Å²) in [5.74, 6) is 0.235. The molecule has 37 heavy (non-hydrogen) atoms. The molecule has 0 saturated carbocycles. The highest BCUT2D eigenvalue weighted by Crippen LogP contribution is 2.21. The molecule has 0 radical (unpaired) electrons. The number of hydrogen-bond acceptors (Lipinski definition) is 5. The molecule has 1 N–H and O–H groups in total. The van der Waals surface area contributed by atoms with Crippen molar-refractivity contribution in [2.24, 2.45) is 0 Å². The molecular weight excluding hydrogens is 490 g/mol. The van der Waals surface area contributed by atoms with Crippen molar-refractivity contribution in [3.05, 3.63) is 59.7 Å². The Bertz CT molecular complexity index is 1140. The van der Waals surface area contributed by atoms with Crippen LogP contribution >= 0.6 is 0 Å². The molecular formula is C28H41N3O5S. The lowest BCUT2D eigenvalue weighted by Crippen LogP contribution is -2.52. The summed E-state index contributed by atoms with van der Waals surface area (Å²) in [6.45, 7) is 9.82. The number of amides is 2. The third kappa shape index (κ3) is 9.39. The van der Waals surface area contributed by atoms with Crippen LogP contribution in [0.2, 0.25) is 0 Å². The molecule has 8 nitrogen and oxygen atoms in total. The van der Waals surface area contributed by atoms with Gasteiger partial charge in [0.05, 0.1) is 19.1 Å². The van der Waals surface area contributed by atoms with Crippen molar-refractivity contribution < 1.29 is 22.7 Å². The number of methoxy groups -OCH3 is 1. The highest BCUT2D eigenvalue weighted by molar-refractivity contribution is 7.92. The number of ether oxygens (including phenoxy) is 1. The number of benzene rings is 2. The van der Waals surface area contributed by atoms with Gasteiger partial charge in [-0.1, -0.05) is 31.2 Å². The van der Waals surface area contributed by atoms with Crippen molar-refractivity contribution >= 4 is 27.5 Å². The van der Waals surface area contributed by atoms with Crippen LogP contribution in [-0.4, -0.2) is 56.6 Å². The number of sulfonamides is 1.